The first-order valence-corrected chi connectivity index (χ1v) is 7.96. The van der Waals surface area contributed by atoms with Gasteiger partial charge < -0.3 is 10.4 Å². The zero-order valence-electron chi connectivity index (χ0n) is 11.3. The molecule has 104 valence electrons. The largest absolute Gasteiger partial charge is 0.387 e. The van der Waals surface area contributed by atoms with E-state index < -0.39 is 5.60 Å². The molecule has 4 heteroatoms. The molecule has 1 aromatic rings. The van der Waals surface area contributed by atoms with Crippen LogP contribution in [0.5, 0.6) is 0 Å². The van der Waals surface area contributed by atoms with Crippen molar-refractivity contribution in [2.24, 2.45) is 0 Å². The summed E-state index contributed by atoms with van der Waals surface area (Å²) in [4.78, 5) is 12.0. The normalized spacial score (nSPS) is 22.4. The molecule has 1 aliphatic heterocycles. The van der Waals surface area contributed by atoms with E-state index in [1.807, 2.05) is 24.3 Å². The third-order valence-corrected chi connectivity index (χ3v) is 4.65. The van der Waals surface area contributed by atoms with E-state index in [2.05, 4.69) is 12.2 Å². The lowest BCUT2D eigenvalue weighted by atomic mass is 10.0. The Morgan fingerprint density at radius 2 is 2.16 bits per heavy atom. The van der Waals surface area contributed by atoms with Crippen molar-refractivity contribution in [1.29, 1.82) is 0 Å². The van der Waals surface area contributed by atoms with Crippen molar-refractivity contribution >= 4 is 17.7 Å². The van der Waals surface area contributed by atoms with Crippen molar-refractivity contribution in [2.45, 2.75) is 31.8 Å². The van der Waals surface area contributed by atoms with E-state index in [0.717, 1.165) is 25.0 Å². The first-order valence-electron chi connectivity index (χ1n) is 6.80. The fraction of sp³-hybridized carbons (Fsp3) is 0.533. The van der Waals surface area contributed by atoms with Gasteiger partial charge in [0.15, 0.2) is 0 Å². The summed E-state index contributed by atoms with van der Waals surface area (Å²) in [6.07, 6.45) is 2.91. The molecular formula is C15H21NO2S. The highest BCUT2D eigenvalue weighted by Gasteiger charge is 2.31. The average Bonchev–Trinajstić information content (AvgIpc) is 2.85. The van der Waals surface area contributed by atoms with Crippen LogP contribution in [0.2, 0.25) is 0 Å². The summed E-state index contributed by atoms with van der Waals surface area (Å²) in [5, 5.41) is 13.0. The number of nitrogens with one attached hydrogen (secondary N) is 1. The summed E-state index contributed by atoms with van der Waals surface area (Å²) in [5.41, 5.74) is 1.20. The van der Waals surface area contributed by atoms with E-state index in [9.17, 15) is 9.90 Å². The predicted molar refractivity (Wildman–Crippen MR) is 79.7 cm³/mol. The van der Waals surface area contributed by atoms with Crippen LogP contribution in [0.3, 0.4) is 0 Å². The molecule has 1 heterocycles. The fourth-order valence-electron chi connectivity index (χ4n) is 2.19. The van der Waals surface area contributed by atoms with Gasteiger partial charge in [0.2, 0.25) is 0 Å². The molecule has 1 unspecified atom stereocenters. The molecule has 0 spiro atoms. The lowest BCUT2D eigenvalue weighted by Gasteiger charge is -2.21. The Kier molecular flexibility index (Phi) is 4.88. The zero-order chi connectivity index (χ0) is 13.7. The molecule has 2 rings (SSSR count). The van der Waals surface area contributed by atoms with Crippen molar-refractivity contribution < 1.29 is 9.90 Å². The molecular weight excluding hydrogens is 258 g/mol. The Hall–Kier alpha value is -1.00. The number of hydrogen-bond acceptors (Lipinski definition) is 3. The highest BCUT2D eigenvalue weighted by molar-refractivity contribution is 7.99. The first kappa shape index (κ1) is 14.4. The zero-order valence-corrected chi connectivity index (χ0v) is 12.1. The minimum Gasteiger partial charge on any atom is -0.387 e. The molecule has 0 radical (unpaired) electrons. The topological polar surface area (TPSA) is 49.3 Å². The average molecular weight is 279 g/mol. The van der Waals surface area contributed by atoms with Crippen LogP contribution in [0.15, 0.2) is 24.3 Å². The number of rotatable bonds is 5. The van der Waals surface area contributed by atoms with Gasteiger partial charge in [-0.15, -0.1) is 0 Å². The Morgan fingerprint density at radius 3 is 2.74 bits per heavy atom. The molecule has 2 N–H and O–H groups in total. The molecule has 1 aromatic carbocycles. The number of aliphatic hydroxyl groups is 1. The number of amides is 1. The van der Waals surface area contributed by atoms with Gasteiger partial charge >= 0.3 is 0 Å². The molecule has 0 bridgehead atoms. The molecule has 0 aromatic heterocycles. The summed E-state index contributed by atoms with van der Waals surface area (Å²) in [6, 6.07) is 7.71. The highest BCUT2D eigenvalue weighted by atomic mass is 32.2. The second-order valence-electron chi connectivity index (χ2n) is 5.16. The quantitative estimate of drug-likeness (QED) is 0.869. The molecule has 1 amide bonds. The summed E-state index contributed by atoms with van der Waals surface area (Å²) in [5.74, 6) is 1.58. The Labute approximate surface area is 118 Å². The number of thioether (sulfide) groups is 1. The van der Waals surface area contributed by atoms with Crippen molar-refractivity contribution in [3.05, 3.63) is 35.4 Å². The van der Waals surface area contributed by atoms with Gasteiger partial charge in [0.05, 0.1) is 5.60 Å². The van der Waals surface area contributed by atoms with E-state index in [-0.39, 0.29) is 5.91 Å². The second-order valence-corrected chi connectivity index (χ2v) is 6.26. The molecule has 1 aliphatic rings. The first-order chi connectivity index (χ1) is 9.13. The maximum Gasteiger partial charge on any atom is 0.251 e. The van der Waals surface area contributed by atoms with Crippen LogP contribution in [0.4, 0.5) is 0 Å². The number of hydrogen-bond donors (Lipinski definition) is 2. The van der Waals surface area contributed by atoms with Crippen molar-refractivity contribution in [2.75, 3.05) is 18.1 Å². The van der Waals surface area contributed by atoms with E-state index in [4.69, 9.17) is 0 Å². The molecule has 1 saturated heterocycles. The standard InChI is InChI=1S/C15H21NO2S/c1-2-3-12-4-6-13(7-5-12)14(17)16-10-15(18)8-9-19-11-15/h4-7,18H,2-3,8-11H2,1H3,(H,16,17). The van der Waals surface area contributed by atoms with Crippen LogP contribution in [-0.4, -0.2) is 34.7 Å². The van der Waals surface area contributed by atoms with Crippen LogP contribution >= 0.6 is 11.8 Å². The summed E-state index contributed by atoms with van der Waals surface area (Å²) in [6.45, 7) is 2.48. The van der Waals surface area contributed by atoms with Crippen LogP contribution in [-0.2, 0) is 6.42 Å². The maximum absolute atomic E-state index is 12.0. The summed E-state index contributed by atoms with van der Waals surface area (Å²) in [7, 11) is 0. The molecule has 0 aliphatic carbocycles. The minimum atomic E-state index is -0.720. The smallest absolute Gasteiger partial charge is 0.251 e. The van der Waals surface area contributed by atoms with Crippen LogP contribution in [0.1, 0.15) is 35.7 Å². The fourth-order valence-corrected chi connectivity index (χ4v) is 3.49. The maximum atomic E-state index is 12.0. The molecule has 1 atom stereocenters. The van der Waals surface area contributed by atoms with Crippen molar-refractivity contribution in [1.82, 2.24) is 5.32 Å². The van der Waals surface area contributed by atoms with Gasteiger partial charge in [-0.3, -0.25) is 4.79 Å². The Bertz CT molecular complexity index is 424. The molecule has 0 saturated carbocycles. The van der Waals surface area contributed by atoms with Crippen molar-refractivity contribution in [3.63, 3.8) is 0 Å². The third kappa shape index (κ3) is 3.98. The second kappa shape index (κ2) is 6.44. The summed E-state index contributed by atoms with van der Waals surface area (Å²) < 4.78 is 0. The molecule has 1 fully saturated rings. The predicted octanol–water partition coefficient (Wildman–Crippen LogP) is 2.24. The number of aryl methyl sites for hydroxylation is 1. The lowest BCUT2D eigenvalue weighted by molar-refractivity contribution is 0.0612. The third-order valence-electron chi connectivity index (χ3n) is 3.42. The van der Waals surface area contributed by atoms with Gasteiger partial charge in [-0.1, -0.05) is 25.5 Å². The minimum absolute atomic E-state index is 0.103. The van der Waals surface area contributed by atoms with Crippen LogP contribution < -0.4 is 5.32 Å². The number of benzene rings is 1. The highest BCUT2D eigenvalue weighted by Crippen LogP contribution is 2.27. The summed E-state index contributed by atoms with van der Waals surface area (Å²) >= 11 is 1.73. The number of carbonyl (C=O) groups excluding carboxylic acids is 1. The van der Waals surface area contributed by atoms with Gasteiger partial charge in [-0.05, 0) is 36.3 Å². The SMILES string of the molecule is CCCc1ccc(C(=O)NCC2(O)CCSC2)cc1. The van der Waals surface area contributed by atoms with Gasteiger partial charge in [0, 0.05) is 17.9 Å². The van der Waals surface area contributed by atoms with Crippen LogP contribution in [0, 0.1) is 0 Å². The Morgan fingerprint density at radius 1 is 1.42 bits per heavy atom. The van der Waals surface area contributed by atoms with Gasteiger partial charge in [0.1, 0.15) is 0 Å². The van der Waals surface area contributed by atoms with Gasteiger partial charge in [0.25, 0.3) is 5.91 Å². The number of carbonyl (C=O) groups is 1. The Balaban J connectivity index is 1.88. The van der Waals surface area contributed by atoms with E-state index >= 15 is 0 Å². The van der Waals surface area contributed by atoms with E-state index in [1.165, 1.54) is 5.56 Å². The lowest BCUT2D eigenvalue weighted by Crippen LogP contribution is -2.42. The van der Waals surface area contributed by atoms with Crippen LogP contribution in [0.25, 0.3) is 0 Å². The molecule has 3 nitrogen and oxygen atoms in total. The molecule has 19 heavy (non-hydrogen) atoms. The van der Waals surface area contributed by atoms with Gasteiger partial charge in [-0.25, -0.2) is 0 Å². The van der Waals surface area contributed by atoms with Gasteiger partial charge in [-0.2, -0.15) is 11.8 Å². The monoisotopic (exact) mass is 279 g/mol. The van der Waals surface area contributed by atoms with E-state index in [1.54, 1.807) is 11.8 Å². The van der Waals surface area contributed by atoms with Crippen molar-refractivity contribution in [3.8, 4) is 0 Å². The van der Waals surface area contributed by atoms with E-state index in [0.29, 0.717) is 17.9 Å².